The van der Waals surface area contributed by atoms with E-state index in [2.05, 4.69) is 9.55 Å². The van der Waals surface area contributed by atoms with Gasteiger partial charge in [-0.15, -0.1) is 0 Å². The topological polar surface area (TPSA) is 95.6 Å². The molecule has 0 unspecified atom stereocenters. The van der Waals surface area contributed by atoms with Gasteiger partial charge in [0.25, 0.3) is 10.0 Å². The number of sulfonamides is 1. The van der Waals surface area contributed by atoms with Crippen LogP contribution in [0.25, 0.3) is 22.4 Å². The van der Waals surface area contributed by atoms with E-state index >= 15 is 0 Å². The predicted molar refractivity (Wildman–Crippen MR) is 102 cm³/mol. The lowest BCUT2D eigenvalue weighted by atomic mass is 10.00. The van der Waals surface area contributed by atoms with Crippen molar-refractivity contribution >= 4 is 15.9 Å². The highest BCUT2D eigenvalue weighted by molar-refractivity contribution is 7.90. The first-order valence-corrected chi connectivity index (χ1v) is 9.87. The Hall–Kier alpha value is -2.93. The molecular weight excluding hydrogens is 364 g/mol. The van der Waals surface area contributed by atoms with Crippen molar-refractivity contribution in [2.45, 2.75) is 25.7 Å². The zero-order chi connectivity index (χ0) is 19.6. The van der Waals surface area contributed by atoms with Crippen LogP contribution in [0.15, 0.2) is 68.4 Å². The lowest BCUT2D eigenvalue weighted by Crippen LogP contribution is -2.25. The minimum atomic E-state index is -4.03. The molecule has 1 heterocycles. The molecule has 0 saturated heterocycles. The Bertz CT molecular complexity index is 1070. The molecule has 3 rings (SSSR count). The molecule has 2 aromatic carbocycles. The van der Waals surface area contributed by atoms with Crippen LogP contribution in [-0.4, -0.2) is 19.5 Å². The smallest absolute Gasteiger partial charge is 0.281 e. The molecule has 0 saturated carbocycles. The molecular formula is C20H19N2O4S-. The number of benzene rings is 2. The third-order valence-electron chi connectivity index (χ3n) is 4.05. The first-order valence-electron chi connectivity index (χ1n) is 8.43. The molecule has 0 spiro atoms. The van der Waals surface area contributed by atoms with Crippen molar-refractivity contribution in [1.82, 2.24) is 5.16 Å². The Morgan fingerprint density at radius 1 is 1.04 bits per heavy atom. The van der Waals surface area contributed by atoms with Gasteiger partial charge < -0.3 is 9.63 Å². The molecule has 0 aliphatic rings. The van der Waals surface area contributed by atoms with E-state index in [1.165, 1.54) is 12.1 Å². The van der Waals surface area contributed by atoms with Crippen molar-refractivity contribution in [2.75, 3.05) is 0 Å². The Morgan fingerprint density at radius 2 is 1.67 bits per heavy atom. The Morgan fingerprint density at radius 3 is 2.26 bits per heavy atom. The molecule has 0 aliphatic carbocycles. The third-order valence-corrected chi connectivity index (χ3v) is 5.34. The standard InChI is InChI=1S/C20H20N2O4S/c1-13(2)20(23)22-27(24,25)17-11-9-15(10-12-17)18-14(3)26-21-19(18)16-7-5-4-6-8-16/h4-13H,1-3H3,(H,22,23)/p-1. The van der Waals surface area contributed by atoms with E-state index in [1.807, 2.05) is 30.3 Å². The number of hydrogen-bond acceptors (Lipinski definition) is 5. The van der Waals surface area contributed by atoms with Gasteiger partial charge in [-0.3, -0.25) is 0 Å². The van der Waals surface area contributed by atoms with Crippen molar-refractivity contribution in [3.05, 3.63) is 60.4 Å². The average molecular weight is 383 g/mol. The largest absolute Gasteiger partial charge is 0.861 e. The molecule has 0 atom stereocenters. The van der Waals surface area contributed by atoms with Gasteiger partial charge in [0, 0.05) is 5.56 Å². The predicted octanol–water partition coefficient (Wildman–Crippen LogP) is 3.42. The zero-order valence-corrected chi connectivity index (χ0v) is 16.0. The summed E-state index contributed by atoms with van der Waals surface area (Å²) >= 11 is 0. The van der Waals surface area contributed by atoms with Gasteiger partial charge in [0.15, 0.2) is 0 Å². The van der Waals surface area contributed by atoms with Gasteiger partial charge in [-0.1, -0.05) is 61.5 Å². The van der Waals surface area contributed by atoms with Crippen molar-refractivity contribution in [2.24, 2.45) is 10.3 Å². The van der Waals surface area contributed by atoms with Crippen molar-refractivity contribution < 1.29 is 18.0 Å². The maximum absolute atomic E-state index is 12.3. The van der Waals surface area contributed by atoms with E-state index < -0.39 is 21.8 Å². The zero-order valence-electron chi connectivity index (χ0n) is 15.2. The molecule has 0 aliphatic heterocycles. The fraction of sp³-hybridized carbons (Fsp3) is 0.200. The molecule has 0 fully saturated rings. The van der Waals surface area contributed by atoms with Gasteiger partial charge in [0.2, 0.25) is 0 Å². The first-order chi connectivity index (χ1) is 12.8. The SMILES string of the molecule is Cc1onc(-c2ccccc2)c1-c1ccc(S(=O)(=O)/N=C(\[O-])C(C)C)cc1. The minimum absolute atomic E-state index is 0.0318. The quantitative estimate of drug-likeness (QED) is 0.497. The van der Waals surface area contributed by atoms with E-state index in [9.17, 15) is 13.5 Å². The van der Waals surface area contributed by atoms with Gasteiger partial charge in [0.05, 0.1) is 10.5 Å². The second kappa shape index (κ2) is 7.36. The van der Waals surface area contributed by atoms with E-state index in [1.54, 1.807) is 32.9 Å². The number of hydrogen-bond donors (Lipinski definition) is 0. The maximum Gasteiger partial charge on any atom is 0.281 e. The summed E-state index contributed by atoms with van der Waals surface area (Å²) in [6, 6.07) is 15.8. The lowest BCUT2D eigenvalue weighted by Gasteiger charge is -2.13. The number of aryl methyl sites for hydroxylation is 1. The summed E-state index contributed by atoms with van der Waals surface area (Å²) in [6.45, 7) is 5.00. The molecule has 140 valence electrons. The molecule has 3 aromatic rings. The van der Waals surface area contributed by atoms with Gasteiger partial charge >= 0.3 is 0 Å². The van der Waals surface area contributed by atoms with Gasteiger partial charge in [-0.05, 0) is 36.4 Å². The van der Waals surface area contributed by atoms with E-state index in [4.69, 9.17) is 4.52 Å². The molecule has 0 N–H and O–H groups in total. The summed E-state index contributed by atoms with van der Waals surface area (Å²) in [4.78, 5) is -0.0318. The summed E-state index contributed by atoms with van der Waals surface area (Å²) in [6.07, 6.45) is 0. The molecule has 0 radical (unpaired) electrons. The summed E-state index contributed by atoms with van der Waals surface area (Å²) in [5, 5.41) is 15.8. The van der Waals surface area contributed by atoms with Gasteiger partial charge in [-0.25, -0.2) is 0 Å². The van der Waals surface area contributed by atoms with Crippen LogP contribution in [0.1, 0.15) is 19.6 Å². The average Bonchev–Trinajstić information content (AvgIpc) is 3.03. The van der Waals surface area contributed by atoms with Crippen molar-refractivity contribution in [3.8, 4) is 22.4 Å². The summed E-state index contributed by atoms with van der Waals surface area (Å²) < 4.78 is 33.3. The lowest BCUT2D eigenvalue weighted by molar-refractivity contribution is -0.222. The Labute approximate surface area is 158 Å². The Kier molecular flexibility index (Phi) is 5.14. The molecule has 6 nitrogen and oxygen atoms in total. The molecule has 1 aromatic heterocycles. The first kappa shape index (κ1) is 18.8. The Balaban J connectivity index is 2.01. The van der Waals surface area contributed by atoms with Crippen LogP contribution in [-0.2, 0) is 10.0 Å². The number of nitrogens with zero attached hydrogens (tertiary/aromatic N) is 2. The van der Waals surface area contributed by atoms with Gasteiger partial charge in [-0.2, -0.15) is 12.8 Å². The van der Waals surface area contributed by atoms with Crippen LogP contribution in [0.5, 0.6) is 0 Å². The molecule has 27 heavy (non-hydrogen) atoms. The molecule has 0 bridgehead atoms. The van der Waals surface area contributed by atoms with Crippen LogP contribution in [0.2, 0.25) is 0 Å². The number of aromatic nitrogens is 1. The van der Waals surface area contributed by atoms with E-state index in [-0.39, 0.29) is 4.90 Å². The second-order valence-corrected chi connectivity index (χ2v) is 8.02. The van der Waals surface area contributed by atoms with Crippen molar-refractivity contribution in [3.63, 3.8) is 0 Å². The normalized spacial score (nSPS) is 12.5. The highest BCUT2D eigenvalue weighted by atomic mass is 32.2. The fourth-order valence-corrected chi connectivity index (χ4v) is 3.61. The van der Waals surface area contributed by atoms with Gasteiger partial charge in [0.1, 0.15) is 11.5 Å². The fourth-order valence-electron chi connectivity index (χ4n) is 2.58. The minimum Gasteiger partial charge on any atom is -0.861 e. The highest BCUT2D eigenvalue weighted by Crippen LogP contribution is 2.34. The summed E-state index contributed by atoms with van der Waals surface area (Å²) in [7, 11) is -4.03. The molecule has 0 amide bonds. The van der Waals surface area contributed by atoms with Crippen LogP contribution in [0.3, 0.4) is 0 Å². The number of rotatable bonds is 5. The summed E-state index contributed by atoms with van der Waals surface area (Å²) in [5.74, 6) is -0.517. The molecule has 7 heteroatoms. The third kappa shape index (κ3) is 3.93. The monoisotopic (exact) mass is 383 g/mol. The van der Waals surface area contributed by atoms with Crippen LogP contribution >= 0.6 is 0 Å². The van der Waals surface area contributed by atoms with Crippen LogP contribution in [0, 0.1) is 12.8 Å². The maximum atomic E-state index is 12.3. The van der Waals surface area contributed by atoms with E-state index in [0.29, 0.717) is 11.5 Å². The summed E-state index contributed by atoms with van der Waals surface area (Å²) in [5.41, 5.74) is 3.14. The van der Waals surface area contributed by atoms with E-state index in [0.717, 1.165) is 16.7 Å². The van der Waals surface area contributed by atoms with Crippen LogP contribution < -0.4 is 5.11 Å². The highest BCUT2D eigenvalue weighted by Gasteiger charge is 2.18. The second-order valence-electron chi connectivity index (χ2n) is 6.41. The van der Waals surface area contributed by atoms with Crippen LogP contribution in [0.4, 0.5) is 0 Å². The van der Waals surface area contributed by atoms with Crippen molar-refractivity contribution in [1.29, 1.82) is 0 Å².